The first kappa shape index (κ1) is 20.4. The maximum Gasteiger partial charge on any atom is 0.155 e. The maximum absolute atomic E-state index is 11.7. The molecule has 0 saturated heterocycles. The molecule has 0 unspecified atom stereocenters. The third-order valence-electron chi connectivity index (χ3n) is 4.05. The van der Waals surface area contributed by atoms with Gasteiger partial charge in [-0.3, -0.25) is 4.79 Å². The van der Waals surface area contributed by atoms with E-state index in [2.05, 4.69) is 19.9 Å². The van der Waals surface area contributed by atoms with Gasteiger partial charge in [-0.25, -0.2) is 0 Å². The highest BCUT2D eigenvalue weighted by Gasteiger charge is 1.97. The van der Waals surface area contributed by atoms with Gasteiger partial charge in [0, 0.05) is 6.42 Å². The Bertz CT molecular complexity index is 242. The van der Waals surface area contributed by atoms with Gasteiger partial charge in [-0.2, -0.15) is 0 Å². The molecule has 0 radical (unpaired) electrons. The van der Waals surface area contributed by atoms with Crippen LogP contribution in [0.2, 0.25) is 0 Å². The third-order valence-corrected chi connectivity index (χ3v) is 4.05. The molecule has 0 aromatic rings. The molecule has 0 aromatic carbocycles. The molecule has 0 aliphatic rings. The lowest BCUT2D eigenvalue weighted by atomic mass is 10.1. The fraction of sp³-hybridized carbons (Fsp3) is 0.850. The zero-order valence-corrected chi connectivity index (χ0v) is 14.7. The van der Waals surface area contributed by atoms with Crippen molar-refractivity contribution < 1.29 is 4.79 Å². The lowest BCUT2D eigenvalue weighted by molar-refractivity contribution is -0.114. The van der Waals surface area contributed by atoms with Crippen molar-refractivity contribution in [2.24, 2.45) is 0 Å². The summed E-state index contributed by atoms with van der Waals surface area (Å²) in [5.74, 6) is 0.327. The molecule has 0 saturated carbocycles. The average molecular weight is 295 g/mol. The van der Waals surface area contributed by atoms with Crippen LogP contribution in [0.15, 0.2) is 12.2 Å². The lowest BCUT2D eigenvalue weighted by Crippen LogP contribution is -1.92. The van der Waals surface area contributed by atoms with Crippen LogP contribution in [0.1, 0.15) is 110 Å². The SMILES string of the molecule is CCCCCCCCC/C=C/C(=O)CCCCCCCC. The number of hydrogen-bond acceptors (Lipinski definition) is 1. The standard InChI is InChI=1S/C20H38O/c1-3-5-7-9-11-12-13-15-17-19-20(21)18-16-14-10-8-6-4-2/h17,19H,3-16,18H2,1-2H3/b19-17+. The summed E-state index contributed by atoms with van der Waals surface area (Å²) in [6.45, 7) is 4.49. The summed E-state index contributed by atoms with van der Waals surface area (Å²) >= 11 is 0. The van der Waals surface area contributed by atoms with E-state index < -0.39 is 0 Å². The minimum atomic E-state index is 0.327. The molecular weight excluding hydrogens is 256 g/mol. The van der Waals surface area contributed by atoms with Gasteiger partial charge in [0.1, 0.15) is 0 Å². The number of allylic oxidation sites excluding steroid dienone is 2. The van der Waals surface area contributed by atoms with Gasteiger partial charge in [-0.15, -0.1) is 0 Å². The third kappa shape index (κ3) is 17.4. The molecule has 0 aliphatic carbocycles. The summed E-state index contributed by atoms with van der Waals surface area (Å²) in [6, 6.07) is 0. The molecule has 0 heterocycles. The van der Waals surface area contributed by atoms with Crippen molar-refractivity contribution in [3.8, 4) is 0 Å². The highest BCUT2D eigenvalue weighted by atomic mass is 16.1. The van der Waals surface area contributed by atoms with Crippen LogP contribution in [-0.2, 0) is 4.79 Å². The first-order valence-corrected chi connectivity index (χ1v) is 9.50. The van der Waals surface area contributed by atoms with Gasteiger partial charge in [0.25, 0.3) is 0 Å². The van der Waals surface area contributed by atoms with Crippen molar-refractivity contribution in [1.29, 1.82) is 0 Å². The molecule has 1 heteroatoms. The Morgan fingerprint density at radius 3 is 1.71 bits per heavy atom. The van der Waals surface area contributed by atoms with Crippen LogP contribution in [0.4, 0.5) is 0 Å². The second-order valence-electron chi connectivity index (χ2n) is 6.30. The number of unbranched alkanes of at least 4 members (excludes halogenated alkanes) is 12. The van der Waals surface area contributed by atoms with Gasteiger partial charge in [0.15, 0.2) is 5.78 Å². The van der Waals surface area contributed by atoms with Gasteiger partial charge >= 0.3 is 0 Å². The summed E-state index contributed by atoms with van der Waals surface area (Å²) in [4.78, 5) is 11.7. The second kappa shape index (κ2) is 17.5. The average Bonchev–Trinajstić information content (AvgIpc) is 2.49. The van der Waals surface area contributed by atoms with Gasteiger partial charge < -0.3 is 0 Å². The van der Waals surface area contributed by atoms with Crippen molar-refractivity contribution in [3.05, 3.63) is 12.2 Å². The number of hydrogen-bond donors (Lipinski definition) is 0. The molecule has 1 nitrogen and oxygen atoms in total. The number of carbonyl (C=O) groups excluding carboxylic acids is 1. The Morgan fingerprint density at radius 2 is 1.14 bits per heavy atom. The van der Waals surface area contributed by atoms with Crippen LogP contribution in [0, 0.1) is 0 Å². The highest BCUT2D eigenvalue weighted by molar-refractivity contribution is 5.89. The molecule has 124 valence electrons. The van der Waals surface area contributed by atoms with E-state index in [1.165, 1.54) is 77.0 Å². The Hall–Kier alpha value is -0.590. The Labute approximate surface area is 133 Å². The van der Waals surface area contributed by atoms with E-state index in [1.807, 2.05) is 6.08 Å². The molecule has 21 heavy (non-hydrogen) atoms. The predicted molar refractivity (Wildman–Crippen MR) is 94.8 cm³/mol. The zero-order valence-electron chi connectivity index (χ0n) is 14.7. The van der Waals surface area contributed by atoms with E-state index in [-0.39, 0.29) is 0 Å². The van der Waals surface area contributed by atoms with E-state index in [9.17, 15) is 4.79 Å². The first-order chi connectivity index (χ1) is 10.3. The molecule has 0 fully saturated rings. The Kier molecular flexibility index (Phi) is 17.0. The molecular formula is C20H38O. The summed E-state index contributed by atoms with van der Waals surface area (Å²) in [6.07, 6.45) is 22.7. The highest BCUT2D eigenvalue weighted by Crippen LogP contribution is 2.09. The zero-order chi connectivity index (χ0) is 15.6. The lowest BCUT2D eigenvalue weighted by Gasteiger charge is -1.99. The first-order valence-electron chi connectivity index (χ1n) is 9.50. The summed E-state index contributed by atoms with van der Waals surface area (Å²) in [7, 11) is 0. The van der Waals surface area contributed by atoms with Crippen LogP contribution in [0.5, 0.6) is 0 Å². The van der Waals surface area contributed by atoms with E-state index in [0.717, 1.165) is 19.3 Å². The molecule has 0 amide bonds. The normalized spacial score (nSPS) is 11.3. The Balaban J connectivity index is 3.26. The number of rotatable bonds is 16. The van der Waals surface area contributed by atoms with Crippen molar-refractivity contribution in [1.82, 2.24) is 0 Å². The summed E-state index contributed by atoms with van der Waals surface area (Å²) in [5.41, 5.74) is 0. The van der Waals surface area contributed by atoms with E-state index in [1.54, 1.807) is 0 Å². The van der Waals surface area contributed by atoms with Crippen LogP contribution < -0.4 is 0 Å². The van der Waals surface area contributed by atoms with E-state index >= 15 is 0 Å². The minimum Gasteiger partial charge on any atom is -0.295 e. The second-order valence-corrected chi connectivity index (χ2v) is 6.30. The van der Waals surface area contributed by atoms with Crippen molar-refractivity contribution in [2.45, 2.75) is 110 Å². The van der Waals surface area contributed by atoms with Crippen LogP contribution >= 0.6 is 0 Å². The van der Waals surface area contributed by atoms with Gasteiger partial charge in [0.2, 0.25) is 0 Å². The molecule has 0 spiro atoms. The quantitative estimate of drug-likeness (QED) is 0.221. The summed E-state index contributed by atoms with van der Waals surface area (Å²) in [5, 5.41) is 0. The van der Waals surface area contributed by atoms with Gasteiger partial charge in [-0.1, -0.05) is 90.6 Å². The van der Waals surface area contributed by atoms with Crippen LogP contribution in [0.3, 0.4) is 0 Å². The fourth-order valence-electron chi connectivity index (χ4n) is 2.60. The topological polar surface area (TPSA) is 17.1 Å². The smallest absolute Gasteiger partial charge is 0.155 e. The van der Waals surface area contributed by atoms with Crippen LogP contribution in [0.25, 0.3) is 0 Å². The van der Waals surface area contributed by atoms with Gasteiger partial charge in [0.05, 0.1) is 0 Å². The van der Waals surface area contributed by atoms with E-state index in [4.69, 9.17) is 0 Å². The minimum absolute atomic E-state index is 0.327. The Morgan fingerprint density at radius 1 is 0.667 bits per heavy atom. The number of ketones is 1. The predicted octanol–water partition coefficient (Wildman–Crippen LogP) is 7.00. The van der Waals surface area contributed by atoms with Crippen molar-refractivity contribution >= 4 is 5.78 Å². The number of carbonyl (C=O) groups is 1. The maximum atomic E-state index is 11.7. The van der Waals surface area contributed by atoms with Crippen molar-refractivity contribution in [3.63, 3.8) is 0 Å². The molecule has 0 N–H and O–H groups in total. The van der Waals surface area contributed by atoms with Gasteiger partial charge in [-0.05, 0) is 25.3 Å². The molecule has 0 atom stereocenters. The molecule has 0 aliphatic heterocycles. The monoisotopic (exact) mass is 294 g/mol. The molecule has 0 bridgehead atoms. The fourth-order valence-corrected chi connectivity index (χ4v) is 2.60. The van der Waals surface area contributed by atoms with Crippen molar-refractivity contribution in [2.75, 3.05) is 0 Å². The molecule has 0 rings (SSSR count). The summed E-state index contributed by atoms with van der Waals surface area (Å²) < 4.78 is 0. The molecule has 0 aromatic heterocycles. The van der Waals surface area contributed by atoms with Crippen LogP contribution in [-0.4, -0.2) is 5.78 Å². The van der Waals surface area contributed by atoms with E-state index in [0.29, 0.717) is 5.78 Å². The largest absolute Gasteiger partial charge is 0.295 e.